The molecule has 3 amide bonds. The number of amides is 3. The van der Waals surface area contributed by atoms with Crippen molar-refractivity contribution in [3.63, 3.8) is 0 Å². The molecule has 33 heavy (non-hydrogen) atoms. The molecule has 2 aliphatic heterocycles. The molecule has 2 aromatic carbocycles. The van der Waals surface area contributed by atoms with E-state index in [1.54, 1.807) is 37.3 Å². The molecule has 1 N–H and O–H groups in total. The van der Waals surface area contributed by atoms with Gasteiger partial charge in [-0.3, -0.25) is 13.9 Å². The van der Waals surface area contributed by atoms with Gasteiger partial charge in [0.05, 0.1) is 16.4 Å². The van der Waals surface area contributed by atoms with Crippen LogP contribution in [0.3, 0.4) is 0 Å². The van der Waals surface area contributed by atoms with Crippen LogP contribution in [0, 0.1) is 0 Å². The minimum absolute atomic E-state index is 0.0664. The smallest absolute Gasteiger partial charge is 0.418 e. The Morgan fingerprint density at radius 1 is 1.18 bits per heavy atom. The standard InChI is InChI=1S/C21H19ClN4O6S/c1-3-15-20(28)26(21(29)32-15)17(19(27)24-13-9-5-4-8-12(13)22)18-23-14-10-6-7-11-16(14)33(30,31)25(18)2/h4-11,15,17H,3H2,1-2H3,(H,24,27). The summed E-state index contributed by atoms with van der Waals surface area (Å²) in [6.07, 6.45) is -1.98. The van der Waals surface area contributed by atoms with Gasteiger partial charge in [-0.25, -0.2) is 23.1 Å². The van der Waals surface area contributed by atoms with Crippen LogP contribution in [-0.2, 0) is 24.3 Å². The fourth-order valence-corrected chi connectivity index (χ4v) is 5.04. The zero-order chi connectivity index (χ0) is 23.9. The molecular weight excluding hydrogens is 472 g/mol. The maximum Gasteiger partial charge on any atom is 0.418 e. The molecule has 4 rings (SSSR count). The molecule has 1 fully saturated rings. The fraction of sp³-hybridized carbons (Fsp3) is 0.238. The summed E-state index contributed by atoms with van der Waals surface area (Å²) in [7, 11) is -2.91. The number of imide groups is 1. The van der Waals surface area contributed by atoms with Gasteiger partial charge in [-0.2, -0.15) is 0 Å². The molecule has 0 aromatic heterocycles. The highest BCUT2D eigenvalue weighted by Gasteiger charge is 2.51. The van der Waals surface area contributed by atoms with Crippen molar-refractivity contribution in [1.29, 1.82) is 0 Å². The number of cyclic esters (lactones) is 1. The molecule has 0 bridgehead atoms. The number of amidine groups is 1. The summed E-state index contributed by atoms with van der Waals surface area (Å²) >= 11 is 6.14. The number of aliphatic imine (C=N–C) groups is 1. The van der Waals surface area contributed by atoms with Crippen LogP contribution >= 0.6 is 11.6 Å². The number of fused-ring (bicyclic) bond motifs is 1. The maximum atomic E-state index is 13.4. The third kappa shape index (κ3) is 3.83. The Hall–Kier alpha value is -3.44. The molecule has 172 valence electrons. The van der Waals surface area contributed by atoms with Crippen LogP contribution in [0.25, 0.3) is 0 Å². The largest absolute Gasteiger partial charge is 0.436 e. The maximum absolute atomic E-state index is 13.4. The first-order chi connectivity index (χ1) is 15.7. The van der Waals surface area contributed by atoms with Crippen LogP contribution in [0.2, 0.25) is 5.02 Å². The minimum atomic E-state index is -4.11. The molecule has 1 saturated heterocycles. The number of benzene rings is 2. The van der Waals surface area contributed by atoms with E-state index in [-0.39, 0.29) is 33.5 Å². The Morgan fingerprint density at radius 3 is 2.52 bits per heavy atom. The van der Waals surface area contributed by atoms with Crippen molar-refractivity contribution in [3.8, 4) is 0 Å². The van der Waals surface area contributed by atoms with E-state index in [1.807, 2.05) is 0 Å². The number of ether oxygens (including phenoxy) is 1. The Morgan fingerprint density at radius 2 is 1.85 bits per heavy atom. The summed E-state index contributed by atoms with van der Waals surface area (Å²) in [5.41, 5.74) is 0.289. The molecule has 0 saturated carbocycles. The first-order valence-electron chi connectivity index (χ1n) is 9.92. The van der Waals surface area contributed by atoms with Crippen LogP contribution in [0.4, 0.5) is 16.2 Å². The van der Waals surface area contributed by atoms with E-state index in [9.17, 15) is 22.8 Å². The summed E-state index contributed by atoms with van der Waals surface area (Å²) in [5.74, 6) is -1.99. The van der Waals surface area contributed by atoms with Crippen molar-refractivity contribution in [2.24, 2.45) is 4.99 Å². The molecule has 0 spiro atoms. The van der Waals surface area contributed by atoms with Gasteiger partial charge in [0.15, 0.2) is 18.0 Å². The van der Waals surface area contributed by atoms with E-state index in [0.717, 1.165) is 4.31 Å². The second-order valence-corrected chi connectivity index (χ2v) is 9.62. The van der Waals surface area contributed by atoms with Gasteiger partial charge in [0.25, 0.3) is 21.8 Å². The van der Waals surface area contributed by atoms with Gasteiger partial charge in [-0.1, -0.05) is 42.8 Å². The monoisotopic (exact) mass is 490 g/mol. The lowest BCUT2D eigenvalue weighted by Crippen LogP contribution is -2.57. The number of hydrogen-bond acceptors (Lipinski definition) is 7. The number of likely N-dealkylation sites (N-methyl/N-ethyl adjacent to an activating group) is 1. The number of sulfonamides is 1. The number of carbonyl (C=O) groups is 3. The van der Waals surface area contributed by atoms with Crippen molar-refractivity contribution in [2.45, 2.75) is 30.4 Å². The van der Waals surface area contributed by atoms with Crippen molar-refractivity contribution in [1.82, 2.24) is 9.21 Å². The minimum Gasteiger partial charge on any atom is -0.436 e. The third-order valence-electron chi connectivity index (χ3n) is 5.27. The molecule has 2 aromatic rings. The van der Waals surface area contributed by atoms with Crippen LogP contribution in [0.5, 0.6) is 0 Å². The average Bonchev–Trinajstić information content (AvgIpc) is 3.07. The first kappa shape index (κ1) is 22.7. The number of anilines is 1. The lowest BCUT2D eigenvalue weighted by atomic mass is 10.1. The van der Waals surface area contributed by atoms with E-state index < -0.39 is 40.1 Å². The van der Waals surface area contributed by atoms with E-state index in [0.29, 0.717) is 4.90 Å². The number of nitrogens with zero attached hydrogens (tertiary/aromatic N) is 3. The van der Waals surface area contributed by atoms with Gasteiger partial charge in [0.1, 0.15) is 4.90 Å². The number of rotatable bonds is 5. The van der Waals surface area contributed by atoms with Gasteiger partial charge in [0, 0.05) is 7.05 Å². The van der Waals surface area contributed by atoms with E-state index in [4.69, 9.17) is 16.3 Å². The van der Waals surface area contributed by atoms with Crippen molar-refractivity contribution in [3.05, 3.63) is 53.6 Å². The number of halogens is 1. The molecule has 2 aliphatic rings. The van der Waals surface area contributed by atoms with Gasteiger partial charge in [0.2, 0.25) is 0 Å². The molecule has 2 unspecified atom stereocenters. The van der Waals surface area contributed by atoms with Crippen LogP contribution < -0.4 is 5.32 Å². The molecule has 2 atom stereocenters. The molecule has 10 nitrogen and oxygen atoms in total. The topological polar surface area (TPSA) is 125 Å². The first-order valence-corrected chi connectivity index (χ1v) is 11.7. The third-order valence-corrected chi connectivity index (χ3v) is 7.41. The normalized spacial score (nSPS) is 20.1. The Bertz CT molecular complexity index is 1300. The fourth-order valence-electron chi connectivity index (χ4n) is 3.54. The predicted octanol–water partition coefficient (Wildman–Crippen LogP) is 2.77. The summed E-state index contributed by atoms with van der Waals surface area (Å²) < 4.78 is 32.1. The second-order valence-electron chi connectivity index (χ2n) is 7.27. The summed E-state index contributed by atoms with van der Waals surface area (Å²) in [5, 5.41) is 2.77. The lowest BCUT2D eigenvalue weighted by molar-refractivity contribution is -0.133. The molecule has 12 heteroatoms. The zero-order valence-corrected chi connectivity index (χ0v) is 19.1. The molecule has 2 heterocycles. The Balaban J connectivity index is 1.86. The molecule has 0 radical (unpaired) electrons. The van der Waals surface area contributed by atoms with E-state index in [2.05, 4.69) is 10.3 Å². The van der Waals surface area contributed by atoms with Crippen molar-refractivity contribution >= 4 is 56.7 Å². The SMILES string of the molecule is CCC1OC(=O)N(C(C(=O)Nc2ccccc2Cl)C2=Nc3ccccc3S(=O)(=O)N2C)C1=O. The summed E-state index contributed by atoms with van der Waals surface area (Å²) in [4.78, 5) is 43.9. The molecular formula is C21H19ClN4O6S. The Kier molecular flexibility index (Phi) is 5.85. The quantitative estimate of drug-likeness (QED) is 0.686. The second kappa shape index (κ2) is 8.49. The lowest BCUT2D eigenvalue weighted by Gasteiger charge is -2.33. The van der Waals surface area contributed by atoms with E-state index >= 15 is 0 Å². The summed E-state index contributed by atoms with van der Waals surface area (Å²) in [6.45, 7) is 1.64. The average molecular weight is 491 g/mol. The van der Waals surface area contributed by atoms with Crippen LogP contribution in [0.1, 0.15) is 13.3 Å². The number of para-hydroxylation sites is 2. The van der Waals surface area contributed by atoms with Gasteiger partial charge in [-0.05, 0) is 30.7 Å². The number of hydrogen-bond donors (Lipinski definition) is 1. The predicted molar refractivity (Wildman–Crippen MR) is 120 cm³/mol. The van der Waals surface area contributed by atoms with Gasteiger partial charge in [-0.15, -0.1) is 0 Å². The highest BCUT2D eigenvalue weighted by molar-refractivity contribution is 7.90. The number of nitrogens with one attached hydrogen (secondary N) is 1. The summed E-state index contributed by atoms with van der Waals surface area (Å²) in [6, 6.07) is 10.6. The van der Waals surface area contributed by atoms with E-state index in [1.165, 1.54) is 25.2 Å². The highest BCUT2D eigenvalue weighted by atomic mass is 35.5. The number of carbonyl (C=O) groups excluding carboxylic acids is 3. The van der Waals surface area contributed by atoms with Crippen molar-refractivity contribution in [2.75, 3.05) is 12.4 Å². The highest BCUT2D eigenvalue weighted by Crippen LogP contribution is 2.34. The van der Waals surface area contributed by atoms with Crippen molar-refractivity contribution < 1.29 is 27.5 Å². The van der Waals surface area contributed by atoms with Crippen LogP contribution in [0.15, 0.2) is 58.4 Å². The zero-order valence-electron chi connectivity index (χ0n) is 17.6. The van der Waals surface area contributed by atoms with Gasteiger partial charge < -0.3 is 10.1 Å². The van der Waals surface area contributed by atoms with Crippen LogP contribution in [-0.4, -0.2) is 60.6 Å². The molecule has 0 aliphatic carbocycles. The Labute approximate surface area is 194 Å². The van der Waals surface area contributed by atoms with Gasteiger partial charge >= 0.3 is 6.09 Å².